The van der Waals surface area contributed by atoms with Crippen LogP contribution in [-0.4, -0.2) is 18.1 Å². The quantitative estimate of drug-likeness (QED) is 0.361. The van der Waals surface area contributed by atoms with Gasteiger partial charge in [-0.1, -0.05) is 54.6 Å². The molecule has 2 aliphatic carbocycles. The second kappa shape index (κ2) is 6.69. The molecule has 0 saturated carbocycles. The zero-order valence-electron chi connectivity index (χ0n) is 17.3. The Labute approximate surface area is 181 Å². The van der Waals surface area contributed by atoms with Gasteiger partial charge in [0.05, 0.1) is 5.69 Å². The highest BCUT2D eigenvalue weighted by molar-refractivity contribution is 5.99. The molecule has 152 valence electrons. The van der Waals surface area contributed by atoms with Crippen LogP contribution in [0.2, 0.25) is 0 Å². The number of nitrogens with two attached hydrogens (primary N) is 1. The van der Waals surface area contributed by atoms with Crippen molar-refractivity contribution in [1.82, 2.24) is 0 Å². The van der Waals surface area contributed by atoms with Crippen LogP contribution in [0.25, 0.3) is 21.9 Å². The van der Waals surface area contributed by atoms with Crippen LogP contribution in [0, 0.1) is 0 Å². The van der Waals surface area contributed by atoms with Crippen LogP contribution in [0.3, 0.4) is 0 Å². The number of fused-ring (bicyclic) bond motifs is 3. The van der Waals surface area contributed by atoms with Gasteiger partial charge in [-0.25, -0.2) is 4.99 Å². The van der Waals surface area contributed by atoms with Gasteiger partial charge in [0.25, 0.3) is 0 Å². The molecule has 1 atom stereocenters. The Kier molecular flexibility index (Phi) is 3.92. The van der Waals surface area contributed by atoms with Gasteiger partial charge in [-0.3, -0.25) is 0 Å². The second-order valence-electron chi connectivity index (χ2n) is 8.37. The molecule has 1 unspecified atom stereocenters. The first-order valence-electron chi connectivity index (χ1n) is 10.6. The Hall–Kier alpha value is -3.63. The number of anilines is 1. The molecule has 0 aliphatic heterocycles. The van der Waals surface area contributed by atoms with Crippen molar-refractivity contribution in [2.45, 2.75) is 18.9 Å². The lowest BCUT2D eigenvalue weighted by atomic mass is 10.0. The number of benzene rings is 4. The van der Waals surface area contributed by atoms with Gasteiger partial charge in [-0.15, -0.1) is 0 Å². The maximum absolute atomic E-state index is 10.8. The molecule has 4 nitrogen and oxygen atoms in total. The Morgan fingerprint density at radius 1 is 0.935 bits per heavy atom. The van der Waals surface area contributed by atoms with E-state index < -0.39 is 6.10 Å². The van der Waals surface area contributed by atoms with Gasteiger partial charge in [-0.2, -0.15) is 0 Å². The standard InChI is InChI=1S/C27H23N3O/c1-30(18-11-13-20-19-7-2-3-8-21(19)26(31)23(20)15-18)27(28)29-24-14-10-17-6-4-5-16-9-12-22(24)25(16)17/h2-8,10-11,13-15,26,31H,9,12H2,1H3,(H2,28,29). The third-order valence-corrected chi connectivity index (χ3v) is 6.70. The van der Waals surface area contributed by atoms with Gasteiger partial charge >= 0.3 is 0 Å². The summed E-state index contributed by atoms with van der Waals surface area (Å²) in [4.78, 5) is 6.68. The number of hydrogen-bond donors (Lipinski definition) is 2. The van der Waals surface area contributed by atoms with Crippen molar-refractivity contribution in [3.8, 4) is 11.1 Å². The third kappa shape index (κ3) is 2.69. The third-order valence-electron chi connectivity index (χ3n) is 6.70. The molecule has 6 rings (SSSR count). The van der Waals surface area contributed by atoms with Crippen LogP contribution in [0.15, 0.2) is 77.8 Å². The van der Waals surface area contributed by atoms with E-state index in [2.05, 4.69) is 42.5 Å². The Bertz CT molecular complexity index is 1390. The summed E-state index contributed by atoms with van der Waals surface area (Å²) in [6, 6.07) is 24.8. The van der Waals surface area contributed by atoms with E-state index in [0.29, 0.717) is 5.96 Å². The molecule has 4 aromatic rings. The molecule has 4 aromatic carbocycles. The molecule has 4 heteroatoms. The van der Waals surface area contributed by atoms with Crippen molar-refractivity contribution in [3.63, 3.8) is 0 Å². The predicted molar refractivity (Wildman–Crippen MR) is 127 cm³/mol. The molecule has 0 radical (unpaired) electrons. The molecule has 0 bridgehead atoms. The topological polar surface area (TPSA) is 61.8 Å². The molecule has 0 aromatic heterocycles. The van der Waals surface area contributed by atoms with Crippen LogP contribution in [0.5, 0.6) is 0 Å². The smallest absolute Gasteiger partial charge is 0.200 e. The van der Waals surface area contributed by atoms with Gasteiger partial charge in [0.2, 0.25) is 5.96 Å². The van der Waals surface area contributed by atoms with Crippen LogP contribution in [0.4, 0.5) is 11.4 Å². The fourth-order valence-corrected chi connectivity index (χ4v) is 5.06. The number of aryl methyl sites for hydroxylation is 2. The largest absolute Gasteiger partial charge is 0.384 e. The lowest BCUT2D eigenvalue weighted by Crippen LogP contribution is -2.33. The van der Waals surface area contributed by atoms with E-state index in [1.54, 1.807) is 0 Å². The van der Waals surface area contributed by atoms with Crippen molar-refractivity contribution in [2.24, 2.45) is 10.7 Å². The summed E-state index contributed by atoms with van der Waals surface area (Å²) in [6.45, 7) is 0. The van der Waals surface area contributed by atoms with Gasteiger partial charge in [0, 0.05) is 12.7 Å². The van der Waals surface area contributed by atoms with E-state index in [1.165, 1.54) is 21.9 Å². The summed E-state index contributed by atoms with van der Waals surface area (Å²) in [5.74, 6) is 0.435. The van der Waals surface area contributed by atoms with Crippen LogP contribution >= 0.6 is 0 Å². The van der Waals surface area contributed by atoms with Gasteiger partial charge in [0.1, 0.15) is 6.10 Å². The van der Waals surface area contributed by atoms with Gasteiger partial charge < -0.3 is 15.7 Å². The first-order valence-corrected chi connectivity index (χ1v) is 10.6. The SMILES string of the molecule is CN(C(N)=Nc1ccc2cccc3c2c1CC3)c1ccc2c(c1)C(O)c1ccccc1-2. The lowest BCUT2D eigenvalue weighted by Gasteiger charge is -2.20. The first kappa shape index (κ1) is 18.2. The highest BCUT2D eigenvalue weighted by Gasteiger charge is 2.27. The molecule has 2 aliphatic rings. The van der Waals surface area contributed by atoms with E-state index in [4.69, 9.17) is 10.7 Å². The summed E-state index contributed by atoms with van der Waals surface area (Å²) >= 11 is 0. The van der Waals surface area contributed by atoms with E-state index in [9.17, 15) is 5.11 Å². The predicted octanol–water partition coefficient (Wildman–Crippen LogP) is 5.08. The minimum Gasteiger partial charge on any atom is -0.384 e. The molecule has 0 spiro atoms. The monoisotopic (exact) mass is 405 g/mol. The van der Waals surface area contributed by atoms with Crippen LogP contribution < -0.4 is 10.6 Å². The minimum atomic E-state index is -0.614. The van der Waals surface area contributed by atoms with Crippen LogP contribution in [-0.2, 0) is 12.8 Å². The first-order chi connectivity index (χ1) is 15.1. The van der Waals surface area contributed by atoms with Gasteiger partial charge in [0.15, 0.2) is 0 Å². The van der Waals surface area contributed by atoms with E-state index >= 15 is 0 Å². The zero-order valence-corrected chi connectivity index (χ0v) is 17.3. The number of aliphatic imine (C=N–C) groups is 1. The number of aliphatic hydroxyl groups is 1. The second-order valence-corrected chi connectivity index (χ2v) is 8.37. The number of aliphatic hydroxyl groups excluding tert-OH is 1. The summed E-state index contributed by atoms with van der Waals surface area (Å²) in [7, 11) is 1.92. The fourth-order valence-electron chi connectivity index (χ4n) is 5.06. The van der Waals surface area contributed by atoms with Gasteiger partial charge in [-0.05, 0) is 75.2 Å². The minimum absolute atomic E-state index is 0.435. The summed E-state index contributed by atoms with van der Waals surface area (Å²) in [5, 5.41) is 13.4. The highest BCUT2D eigenvalue weighted by atomic mass is 16.3. The summed E-state index contributed by atoms with van der Waals surface area (Å²) in [5.41, 5.74) is 15.0. The van der Waals surface area contributed by atoms with Crippen LogP contribution in [0.1, 0.15) is 28.4 Å². The molecule has 31 heavy (non-hydrogen) atoms. The van der Waals surface area contributed by atoms with Crippen molar-refractivity contribution >= 4 is 28.1 Å². The van der Waals surface area contributed by atoms with Crippen molar-refractivity contribution in [1.29, 1.82) is 0 Å². The molecule has 0 saturated heterocycles. The highest BCUT2D eigenvalue weighted by Crippen LogP contribution is 2.44. The molecule has 0 amide bonds. The van der Waals surface area contributed by atoms with E-state index in [1.807, 2.05) is 42.3 Å². The number of guanidine groups is 1. The summed E-state index contributed by atoms with van der Waals surface area (Å²) in [6.07, 6.45) is 1.44. The maximum Gasteiger partial charge on any atom is 0.200 e. The Balaban J connectivity index is 1.37. The molecule has 3 N–H and O–H groups in total. The van der Waals surface area contributed by atoms with Crippen molar-refractivity contribution in [2.75, 3.05) is 11.9 Å². The number of hydrogen-bond acceptors (Lipinski definition) is 2. The van der Waals surface area contributed by atoms with E-state index in [0.717, 1.165) is 46.5 Å². The fraction of sp³-hybridized carbons (Fsp3) is 0.148. The number of rotatable bonds is 2. The summed E-state index contributed by atoms with van der Waals surface area (Å²) < 4.78 is 0. The van der Waals surface area contributed by atoms with Crippen molar-refractivity contribution in [3.05, 3.63) is 95.1 Å². The average Bonchev–Trinajstić information content (AvgIpc) is 3.36. The zero-order chi connectivity index (χ0) is 21.1. The molecular formula is C27H23N3O. The van der Waals surface area contributed by atoms with Crippen molar-refractivity contribution < 1.29 is 5.11 Å². The normalized spacial score (nSPS) is 16.5. The Morgan fingerprint density at radius 2 is 1.77 bits per heavy atom. The Morgan fingerprint density at radius 3 is 2.68 bits per heavy atom. The average molecular weight is 406 g/mol. The number of nitrogens with zero attached hydrogens (tertiary/aromatic N) is 2. The lowest BCUT2D eigenvalue weighted by molar-refractivity contribution is 0.225. The maximum atomic E-state index is 10.8. The van der Waals surface area contributed by atoms with E-state index in [-0.39, 0.29) is 0 Å². The molecule has 0 fully saturated rings. The molecule has 0 heterocycles. The molecular weight excluding hydrogens is 382 g/mol.